The van der Waals surface area contributed by atoms with Crippen molar-refractivity contribution in [2.75, 3.05) is 18.0 Å². The Morgan fingerprint density at radius 2 is 1.74 bits per heavy atom. The molecule has 1 N–H and O–H groups in total. The van der Waals surface area contributed by atoms with E-state index in [1.807, 2.05) is 24.3 Å². The van der Waals surface area contributed by atoms with Crippen molar-refractivity contribution < 1.29 is 4.79 Å². The number of likely N-dealkylation sites (tertiary alicyclic amines) is 2. The van der Waals surface area contributed by atoms with Crippen LogP contribution >= 0.6 is 34.8 Å². The molecule has 6 rings (SSSR count). The van der Waals surface area contributed by atoms with Gasteiger partial charge in [0.2, 0.25) is 0 Å². The molecule has 200 valence electrons. The molecule has 2 saturated heterocycles. The maximum absolute atomic E-state index is 13.4. The van der Waals surface area contributed by atoms with E-state index in [1.165, 1.54) is 23.5 Å². The molecule has 3 aliphatic rings. The molecule has 3 aromatic carbocycles. The van der Waals surface area contributed by atoms with Gasteiger partial charge in [-0.25, -0.2) is 4.79 Å². The molecule has 3 aliphatic heterocycles. The van der Waals surface area contributed by atoms with E-state index < -0.39 is 0 Å². The molecule has 0 aromatic heterocycles. The number of fused-ring (bicyclic) bond motifs is 3. The van der Waals surface area contributed by atoms with Crippen molar-refractivity contribution in [3.63, 3.8) is 0 Å². The van der Waals surface area contributed by atoms with Crippen molar-refractivity contribution in [3.8, 4) is 17.2 Å². The third-order valence-electron chi connectivity index (χ3n) is 8.13. The number of amides is 2. The van der Waals surface area contributed by atoms with Crippen molar-refractivity contribution in [3.05, 3.63) is 80.3 Å². The SMILES string of the molecule is CC(C)N1CC2CC1CN2Cc1cc(-c2ccccc2Cl)c2c(c1)N(c1c(Cl)cc(C#N)cc1Cl)C(=O)NC2. The molecule has 2 atom stereocenters. The Balaban J connectivity index is 1.47. The summed E-state index contributed by atoms with van der Waals surface area (Å²) in [6.45, 7) is 7.75. The van der Waals surface area contributed by atoms with Crippen LogP contribution in [0, 0.1) is 11.3 Å². The quantitative estimate of drug-likeness (QED) is 0.346. The van der Waals surface area contributed by atoms with Crippen LogP contribution in [0.2, 0.25) is 15.1 Å². The lowest BCUT2D eigenvalue weighted by atomic mass is 9.93. The minimum Gasteiger partial charge on any atom is -0.333 e. The minimum absolute atomic E-state index is 0.234. The van der Waals surface area contributed by atoms with Gasteiger partial charge in [-0.05, 0) is 61.7 Å². The number of carbonyl (C=O) groups is 1. The summed E-state index contributed by atoms with van der Waals surface area (Å²) in [6.07, 6.45) is 1.19. The lowest BCUT2D eigenvalue weighted by Crippen LogP contribution is -2.48. The van der Waals surface area contributed by atoms with Gasteiger partial charge in [-0.2, -0.15) is 5.26 Å². The molecule has 3 aromatic rings. The molecule has 2 unspecified atom stereocenters. The summed E-state index contributed by atoms with van der Waals surface area (Å²) in [6, 6.07) is 18.5. The first-order valence-corrected chi connectivity index (χ1v) is 14.3. The molecule has 0 saturated carbocycles. The highest BCUT2D eigenvalue weighted by molar-refractivity contribution is 6.40. The summed E-state index contributed by atoms with van der Waals surface area (Å²) < 4.78 is 0. The van der Waals surface area contributed by atoms with E-state index in [9.17, 15) is 10.1 Å². The molecule has 6 nitrogen and oxygen atoms in total. The highest BCUT2D eigenvalue weighted by atomic mass is 35.5. The van der Waals surface area contributed by atoms with Gasteiger partial charge >= 0.3 is 6.03 Å². The normalized spacial score (nSPS) is 20.8. The Bertz CT molecular complexity index is 1490. The Labute approximate surface area is 243 Å². The third kappa shape index (κ3) is 4.67. The Morgan fingerprint density at radius 1 is 1.00 bits per heavy atom. The number of nitrogens with one attached hydrogen (secondary N) is 1. The maximum atomic E-state index is 13.4. The fraction of sp³-hybridized carbons (Fsp3) is 0.333. The molecule has 0 radical (unpaired) electrons. The van der Waals surface area contributed by atoms with Gasteiger partial charge in [-0.3, -0.25) is 14.7 Å². The van der Waals surface area contributed by atoms with Crippen molar-refractivity contribution in [1.82, 2.24) is 15.1 Å². The van der Waals surface area contributed by atoms with E-state index in [4.69, 9.17) is 34.8 Å². The van der Waals surface area contributed by atoms with E-state index in [0.717, 1.165) is 41.9 Å². The first kappa shape index (κ1) is 26.4. The average molecular weight is 581 g/mol. The Hall–Kier alpha value is -2.79. The minimum atomic E-state index is -0.328. The zero-order valence-corrected chi connectivity index (χ0v) is 24.0. The second kappa shape index (κ2) is 10.3. The van der Waals surface area contributed by atoms with Crippen molar-refractivity contribution in [2.45, 2.75) is 51.5 Å². The molecular weight excluding hydrogens is 553 g/mol. The fourth-order valence-corrected chi connectivity index (χ4v) is 7.26. The van der Waals surface area contributed by atoms with E-state index in [1.54, 1.807) is 0 Å². The summed E-state index contributed by atoms with van der Waals surface area (Å²) in [5.41, 5.74) is 5.28. The predicted molar refractivity (Wildman–Crippen MR) is 157 cm³/mol. The van der Waals surface area contributed by atoms with E-state index >= 15 is 0 Å². The zero-order chi connectivity index (χ0) is 27.4. The molecule has 2 fully saturated rings. The largest absolute Gasteiger partial charge is 0.333 e. The fourth-order valence-electron chi connectivity index (χ4n) is 6.37. The Kier molecular flexibility index (Phi) is 6.99. The Morgan fingerprint density at radius 3 is 2.38 bits per heavy atom. The van der Waals surface area contributed by atoms with Crippen molar-refractivity contribution >= 4 is 52.2 Å². The van der Waals surface area contributed by atoms with Gasteiger partial charge in [0.05, 0.1) is 33.1 Å². The van der Waals surface area contributed by atoms with Gasteiger partial charge in [-0.15, -0.1) is 0 Å². The standard InChI is InChI=1S/C30H28Cl3N5O/c1-17(2)37-16-20-11-21(37)15-36(20)14-19-7-23(22-5-3-4-6-25(22)31)24-13-35-30(39)38(28(24)10-19)29-26(32)8-18(12-34)9-27(29)33/h3-10,17,20-21H,11,13-16H2,1-2H3,(H,35,39). The number of rotatable bonds is 5. The van der Waals surface area contributed by atoms with Crippen LogP contribution in [0.4, 0.5) is 16.2 Å². The van der Waals surface area contributed by atoms with Crippen LogP contribution in [0.3, 0.4) is 0 Å². The van der Waals surface area contributed by atoms with Crippen LogP contribution in [0.5, 0.6) is 0 Å². The number of piperazine rings is 1. The van der Waals surface area contributed by atoms with Gasteiger partial charge in [0, 0.05) is 60.5 Å². The molecule has 0 aliphatic carbocycles. The predicted octanol–water partition coefficient (Wildman–Crippen LogP) is 7.21. The molecule has 3 heterocycles. The van der Waals surface area contributed by atoms with Crippen molar-refractivity contribution in [1.29, 1.82) is 5.26 Å². The van der Waals surface area contributed by atoms with Crippen LogP contribution < -0.4 is 10.2 Å². The van der Waals surface area contributed by atoms with Crippen LogP contribution in [-0.2, 0) is 13.1 Å². The number of nitrogens with zero attached hydrogens (tertiary/aromatic N) is 4. The number of hydrogen-bond acceptors (Lipinski definition) is 4. The lowest BCUT2D eigenvalue weighted by Gasteiger charge is -2.37. The number of urea groups is 1. The highest BCUT2D eigenvalue weighted by Gasteiger charge is 2.44. The number of halogens is 3. The van der Waals surface area contributed by atoms with E-state index in [0.29, 0.717) is 46.6 Å². The topological polar surface area (TPSA) is 62.6 Å². The molecule has 9 heteroatoms. The number of benzene rings is 3. The van der Waals surface area contributed by atoms with Crippen LogP contribution in [0.1, 0.15) is 37.0 Å². The van der Waals surface area contributed by atoms with Crippen LogP contribution in [-0.4, -0.2) is 47.0 Å². The molecule has 0 spiro atoms. The molecule has 2 bridgehead atoms. The van der Waals surface area contributed by atoms with Crippen LogP contribution in [0.25, 0.3) is 11.1 Å². The van der Waals surface area contributed by atoms with E-state index in [-0.39, 0.29) is 16.1 Å². The van der Waals surface area contributed by atoms with Gasteiger partial charge in [0.1, 0.15) is 0 Å². The second-order valence-electron chi connectivity index (χ2n) is 10.8. The summed E-state index contributed by atoms with van der Waals surface area (Å²) in [5, 5.41) is 13.5. The van der Waals surface area contributed by atoms with Gasteiger partial charge < -0.3 is 5.32 Å². The van der Waals surface area contributed by atoms with Gasteiger partial charge in [-0.1, -0.05) is 53.0 Å². The number of anilines is 2. The maximum Gasteiger partial charge on any atom is 0.326 e. The van der Waals surface area contributed by atoms with Gasteiger partial charge in [0.15, 0.2) is 0 Å². The number of hydrogen-bond donors (Lipinski definition) is 1. The number of carbonyl (C=O) groups excluding carboxylic acids is 1. The monoisotopic (exact) mass is 579 g/mol. The van der Waals surface area contributed by atoms with Gasteiger partial charge in [0.25, 0.3) is 0 Å². The zero-order valence-electron chi connectivity index (χ0n) is 21.7. The van der Waals surface area contributed by atoms with E-state index in [2.05, 4.69) is 47.2 Å². The molecule has 39 heavy (non-hydrogen) atoms. The smallest absolute Gasteiger partial charge is 0.326 e. The van der Waals surface area contributed by atoms with Crippen LogP contribution in [0.15, 0.2) is 48.5 Å². The summed E-state index contributed by atoms with van der Waals surface area (Å²) >= 11 is 20.0. The third-order valence-corrected chi connectivity index (χ3v) is 9.03. The molecule has 2 amide bonds. The summed E-state index contributed by atoms with van der Waals surface area (Å²) in [5.74, 6) is 0. The first-order chi connectivity index (χ1) is 18.7. The molecular formula is C30H28Cl3N5O. The van der Waals surface area contributed by atoms with Crippen molar-refractivity contribution in [2.24, 2.45) is 0 Å². The second-order valence-corrected chi connectivity index (χ2v) is 12.0. The first-order valence-electron chi connectivity index (χ1n) is 13.1. The average Bonchev–Trinajstić information content (AvgIpc) is 3.50. The summed E-state index contributed by atoms with van der Waals surface area (Å²) in [7, 11) is 0. The number of nitriles is 1. The lowest BCUT2D eigenvalue weighted by molar-refractivity contribution is 0.0999. The summed E-state index contributed by atoms with van der Waals surface area (Å²) in [4.78, 5) is 20.1. The highest BCUT2D eigenvalue weighted by Crippen LogP contribution is 2.45.